The largest absolute Gasteiger partial charge is 0.495 e. The second-order valence-corrected chi connectivity index (χ2v) is 7.39. The number of morpholine rings is 1. The second kappa shape index (κ2) is 8.91. The lowest BCUT2D eigenvalue weighted by molar-refractivity contribution is -0.125. The van der Waals surface area contributed by atoms with Gasteiger partial charge in [0.25, 0.3) is 0 Å². The summed E-state index contributed by atoms with van der Waals surface area (Å²) in [6.07, 6.45) is 0.574. The summed E-state index contributed by atoms with van der Waals surface area (Å²) in [6, 6.07) is 3.45. The first kappa shape index (κ1) is 19.9. The van der Waals surface area contributed by atoms with Crippen LogP contribution in [-0.4, -0.2) is 63.2 Å². The summed E-state index contributed by atoms with van der Waals surface area (Å²) in [5, 5.41) is 6.37. The van der Waals surface area contributed by atoms with Crippen molar-refractivity contribution < 1.29 is 19.1 Å². The molecule has 0 bridgehead atoms. The predicted octanol–water partition coefficient (Wildman–Crippen LogP) is 1.68. The average molecular weight is 396 g/mol. The smallest absolute Gasteiger partial charge is 0.228 e. The molecule has 2 atom stereocenters. The van der Waals surface area contributed by atoms with Crippen molar-refractivity contribution in [3.05, 3.63) is 22.7 Å². The Labute approximate surface area is 164 Å². The molecule has 27 heavy (non-hydrogen) atoms. The third-order valence-corrected chi connectivity index (χ3v) is 5.44. The number of rotatable bonds is 7. The van der Waals surface area contributed by atoms with Gasteiger partial charge in [0, 0.05) is 37.3 Å². The van der Waals surface area contributed by atoms with Crippen LogP contribution in [0.5, 0.6) is 5.75 Å². The molecule has 1 heterocycles. The number of carbonyl (C=O) groups excluding carboxylic acids is 2. The minimum absolute atomic E-state index is 0.0531. The number of methoxy groups -OCH3 is 1. The van der Waals surface area contributed by atoms with Crippen molar-refractivity contribution in [1.29, 1.82) is 0 Å². The van der Waals surface area contributed by atoms with Gasteiger partial charge in [-0.05, 0) is 25.0 Å². The van der Waals surface area contributed by atoms with E-state index in [1.807, 2.05) is 6.92 Å². The van der Waals surface area contributed by atoms with Crippen LogP contribution in [-0.2, 0) is 14.3 Å². The fourth-order valence-electron chi connectivity index (χ4n) is 3.22. The molecule has 1 aliphatic heterocycles. The Morgan fingerprint density at radius 2 is 1.96 bits per heavy atom. The van der Waals surface area contributed by atoms with E-state index in [4.69, 9.17) is 21.1 Å². The van der Waals surface area contributed by atoms with Gasteiger partial charge < -0.3 is 20.1 Å². The van der Waals surface area contributed by atoms with Gasteiger partial charge in [-0.15, -0.1) is 0 Å². The van der Waals surface area contributed by atoms with Gasteiger partial charge in [0.15, 0.2) is 0 Å². The third-order valence-electron chi connectivity index (χ3n) is 5.03. The highest BCUT2D eigenvalue weighted by Gasteiger charge is 2.48. The van der Waals surface area contributed by atoms with E-state index in [-0.39, 0.29) is 23.7 Å². The highest BCUT2D eigenvalue weighted by molar-refractivity contribution is 6.31. The predicted molar refractivity (Wildman–Crippen MR) is 103 cm³/mol. The van der Waals surface area contributed by atoms with Gasteiger partial charge in [0.05, 0.1) is 37.8 Å². The van der Waals surface area contributed by atoms with Gasteiger partial charge in [0.2, 0.25) is 11.8 Å². The normalized spacial score (nSPS) is 22.2. The van der Waals surface area contributed by atoms with Crippen LogP contribution in [0.15, 0.2) is 12.1 Å². The lowest BCUT2D eigenvalue weighted by atomic mass is 10.2. The topological polar surface area (TPSA) is 79.9 Å². The second-order valence-electron chi connectivity index (χ2n) is 6.98. The van der Waals surface area contributed by atoms with E-state index in [9.17, 15) is 9.59 Å². The van der Waals surface area contributed by atoms with Crippen molar-refractivity contribution >= 4 is 29.1 Å². The van der Waals surface area contributed by atoms with Crippen molar-refractivity contribution in [2.75, 3.05) is 51.8 Å². The Hall–Kier alpha value is -1.83. The molecule has 1 aromatic rings. The summed E-state index contributed by atoms with van der Waals surface area (Å²) in [6.45, 7) is 6.53. The SMILES string of the molecule is COc1cc(Cl)c(C)cc1NC(=O)C1CC1C(=O)NCCN1CCOCC1. The van der Waals surface area contributed by atoms with E-state index < -0.39 is 0 Å². The van der Waals surface area contributed by atoms with E-state index in [0.29, 0.717) is 29.4 Å². The van der Waals surface area contributed by atoms with Crippen LogP contribution < -0.4 is 15.4 Å². The van der Waals surface area contributed by atoms with Gasteiger partial charge in [-0.25, -0.2) is 0 Å². The minimum Gasteiger partial charge on any atom is -0.495 e. The summed E-state index contributed by atoms with van der Waals surface area (Å²) in [7, 11) is 1.53. The maximum absolute atomic E-state index is 12.5. The molecule has 3 rings (SSSR count). The molecular weight excluding hydrogens is 370 g/mol. The van der Waals surface area contributed by atoms with Crippen LogP contribution in [0.4, 0.5) is 5.69 Å². The van der Waals surface area contributed by atoms with Crippen LogP contribution in [0.3, 0.4) is 0 Å². The zero-order valence-electron chi connectivity index (χ0n) is 15.7. The standard InChI is InChI=1S/C19H26ClN3O4/c1-12-9-16(17(26-2)11-15(12)20)22-19(25)14-10-13(14)18(24)21-3-4-23-5-7-27-8-6-23/h9,11,13-14H,3-8,10H2,1-2H3,(H,21,24)(H,22,25). The average Bonchev–Trinajstić information content (AvgIpc) is 3.46. The minimum atomic E-state index is -0.297. The molecule has 148 valence electrons. The quantitative estimate of drug-likeness (QED) is 0.734. The van der Waals surface area contributed by atoms with E-state index >= 15 is 0 Å². The number of anilines is 1. The van der Waals surface area contributed by atoms with Gasteiger partial charge in [-0.2, -0.15) is 0 Å². The number of nitrogens with zero attached hydrogens (tertiary/aromatic N) is 1. The lowest BCUT2D eigenvalue weighted by Crippen LogP contribution is -2.41. The van der Waals surface area contributed by atoms with E-state index in [2.05, 4.69) is 15.5 Å². The van der Waals surface area contributed by atoms with Crippen molar-refractivity contribution in [2.24, 2.45) is 11.8 Å². The van der Waals surface area contributed by atoms with E-state index in [0.717, 1.165) is 38.4 Å². The number of halogens is 1. The Morgan fingerprint density at radius 3 is 2.67 bits per heavy atom. The fraction of sp³-hybridized carbons (Fsp3) is 0.579. The highest BCUT2D eigenvalue weighted by atomic mass is 35.5. The molecule has 1 saturated carbocycles. The fourth-order valence-corrected chi connectivity index (χ4v) is 3.38. The Morgan fingerprint density at radius 1 is 1.26 bits per heavy atom. The zero-order valence-corrected chi connectivity index (χ0v) is 16.5. The molecule has 7 nitrogen and oxygen atoms in total. The maximum atomic E-state index is 12.5. The molecule has 1 aromatic carbocycles. The van der Waals surface area contributed by atoms with Crippen molar-refractivity contribution in [2.45, 2.75) is 13.3 Å². The lowest BCUT2D eigenvalue weighted by Gasteiger charge is -2.26. The molecule has 2 fully saturated rings. The first-order valence-electron chi connectivity index (χ1n) is 9.22. The number of nitrogens with one attached hydrogen (secondary N) is 2. The van der Waals surface area contributed by atoms with Crippen molar-refractivity contribution in [3.63, 3.8) is 0 Å². The summed E-state index contributed by atoms with van der Waals surface area (Å²) < 4.78 is 10.6. The van der Waals surface area contributed by atoms with Crippen molar-refractivity contribution in [1.82, 2.24) is 10.2 Å². The monoisotopic (exact) mass is 395 g/mol. The number of amides is 2. The molecule has 2 N–H and O–H groups in total. The maximum Gasteiger partial charge on any atom is 0.228 e. The molecular formula is C19H26ClN3O4. The first-order chi connectivity index (χ1) is 13.0. The summed E-state index contributed by atoms with van der Waals surface area (Å²) in [5.41, 5.74) is 1.42. The first-order valence-corrected chi connectivity index (χ1v) is 9.60. The Kier molecular flexibility index (Phi) is 6.57. The van der Waals surface area contributed by atoms with E-state index in [1.54, 1.807) is 12.1 Å². The zero-order chi connectivity index (χ0) is 19.4. The van der Waals surface area contributed by atoms with Crippen LogP contribution in [0.2, 0.25) is 5.02 Å². The van der Waals surface area contributed by atoms with Crippen LogP contribution in [0, 0.1) is 18.8 Å². The molecule has 1 saturated heterocycles. The molecule has 8 heteroatoms. The van der Waals surface area contributed by atoms with Crippen molar-refractivity contribution in [3.8, 4) is 5.75 Å². The van der Waals surface area contributed by atoms with Gasteiger partial charge >= 0.3 is 0 Å². The number of ether oxygens (including phenoxy) is 2. The summed E-state index contributed by atoms with van der Waals surface area (Å²) in [4.78, 5) is 27.0. The number of hydrogen-bond acceptors (Lipinski definition) is 5. The van der Waals surface area contributed by atoms with Crippen LogP contribution >= 0.6 is 11.6 Å². The van der Waals surface area contributed by atoms with Gasteiger partial charge in [-0.3, -0.25) is 14.5 Å². The number of benzene rings is 1. The molecule has 2 amide bonds. The Balaban J connectivity index is 1.46. The van der Waals surface area contributed by atoms with E-state index in [1.165, 1.54) is 7.11 Å². The summed E-state index contributed by atoms with van der Waals surface area (Å²) >= 11 is 6.09. The van der Waals surface area contributed by atoms with Crippen LogP contribution in [0.25, 0.3) is 0 Å². The molecule has 0 spiro atoms. The third kappa shape index (κ3) is 5.12. The molecule has 1 aliphatic carbocycles. The van der Waals surface area contributed by atoms with Crippen LogP contribution in [0.1, 0.15) is 12.0 Å². The number of hydrogen-bond donors (Lipinski definition) is 2. The molecule has 2 aliphatic rings. The number of aryl methyl sites for hydroxylation is 1. The summed E-state index contributed by atoms with van der Waals surface area (Å²) in [5.74, 6) is -0.264. The molecule has 0 aromatic heterocycles. The molecule has 0 radical (unpaired) electrons. The molecule has 2 unspecified atom stereocenters. The Bertz CT molecular complexity index is 706. The number of carbonyl (C=O) groups is 2. The van der Waals surface area contributed by atoms with Gasteiger partial charge in [0.1, 0.15) is 5.75 Å². The van der Waals surface area contributed by atoms with Gasteiger partial charge in [-0.1, -0.05) is 11.6 Å². The highest BCUT2D eigenvalue weighted by Crippen LogP contribution is 2.40.